The molecule has 0 unspecified atom stereocenters. The van der Waals surface area contributed by atoms with Gasteiger partial charge in [-0.15, -0.1) is 0 Å². The lowest BCUT2D eigenvalue weighted by Gasteiger charge is -2.36. The van der Waals surface area contributed by atoms with Crippen LogP contribution in [0.5, 0.6) is 0 Å². The first-order valence-corrected chi connectivity index (χ1v) is 8.77. The van der Waals surface area contributed by atoms with Crippen LogP contribution >= 0.6 is 27.5 Å². The molecule has 5 heteroatoms. The molecule has 0 radical (unpaired) electrons. The molecule has 0 atom stereocenters. The Kier molecular flexibility index (Phi) is 4.93. The minimum Gasteiger partial charge on any atom is -0.368 e. The van der Waals surface area contributed by atoms with E-state index < -0.39 is 0 Å². The van der Waals surface area contributed by atoms with E-state index in [-0.39, 0.29) is 5.91 Å². The van der Waals surface area contributed by atoms with Crippen LogP contribution in [0.3, 0.4) is 0 Å². The third kappa shape index (κ3) is 3.70. The molecular weight excluding hydrogens is 376 g/mol. The summed E-state index contributed by atoms with van der Waals surface area (Å²) in [4.78, 5) is 16.7. The van der Waals surface area contributed by atoms with Crippen molar-refractivity contribution in [3.8, 4) is 0 Å². The fourth-order valence-electron chi connectivity index (χ4n) is 2.77. The van der Waals surface area contributed by atoms with Gasteiger partial charge in [-0.05, 0) is 55.0 Å². The van der Waals surface area contributed by atoms with E-state index in [1.807, 2.05) is 4.90 Å². The van der Waals surface area contributed by atoms with Gasteiger partial charge in [-0.1, -0.05) is 27.5 Å². The fraction of sp³-hybridized carbons (Fsp3) is 0.278. The first kappa shape index (κ1) is 16.3. The average molecular weight is 394 g/mol. The van der Waals surface area contributed by atoms with E-state index in [1.54, 1.807) is 24.3 Å². The van der Waals surface area contributed by atoms with Crippen LogP contribution < -0.4 is 4.90 Å². The normalized spacial score (nSPS) is 14.9. The Hall–Kier alpha value is -1.52. The molecule has 120 valence electrons. The number of piperazine rings is 1. The molecule has 0 spiro atoms. The van der Waals surface area contributed by atoms with Crippen molar-refractivity contribution in [1.29, 1.82) is 0 Å². The summed E-state index contributed by atoms with van der Waals surface area (Å²) in [6, 6.07) is 13.5. The maximum atomic E-state index is 12.5. The molecule has 0 N–H and O–H groups in total. The van der Waals surface area contributed by atoms with Crippen LogP contribution in [-0.2, 0) is 0 Å². The highest BCUT2D eigenvalue weighted by Gasteiger charge is 2.22. The van der Waals surface area contributed by atoms with E-state index >= 15 is 0 Å². The molecule has 0 saturated carbocycles. The van der Waals surface area contributed by atoms with E-state index in [9.17, 15) is 4.79 Å². The van der Waals surface area contributed by atoms with Gasteiger partial charge in [0.15, 0.2) is 0 Å². The van der Waals surface area contributed by atoms with Crippen molar-refractivity contribution >= 4 is 39.1 Å². The standard InChI is InChI=1S/C18H18BrClN2O/c1-13-12-16(6-7-17(13)19)21-8-10-22(11-9-21)18(23)14-2-4-15(20)5-3-14/h2-7,12H,8-11H2,1H3. The molecule has 1 aliphatic heterocycles. The van der Waals surface area contributed by atoms with Crippen LogP contribution in [0, 0.1) is 6.92 Å². The summed E-state index contributed by atoms with van der Waals surface area (Å²) in [5, 5.41) is 0.650. The minimum atomic E-state index is 0.0771. The van der Waals surface area contributed by atoms with Crippen LogP contribution in [0.2, 0.25) is 5.02 Å². The zero-order valence-electron chi connectivity index (χ0n) is 12.9. The molecule has 0 bridgehead atoms. The van der Waals surface area contributed by atoms with Gasteiger partial charge in [-0.3, -0.25) is 4.79 Å². The van der Waals surface area contributed by atoms with Crippen molar-refractivity contribution in [2.45, 2.75) is 6.92 Å². The Labute approximate surface area is 150 Å². The quantitative estimate of drug-likeness (QED) is 0.756. The average Bonchev–Trinajstić information content (AvgIpc) is 2.57. The van der Waals surface area contributed by atoms with E-state index in [4.69, 9.17) is 11.6 Å². The Morgan fingerprint density at radius 1 is 1.04 bits per heavy atom. The number of rotatable bonds is 2. The molecule has 0 aliphatic carbocycles. The van der Waals surface area contributed by atoms with Gasteiger partial charge < -0.3 is 9.80 Å². The summed E-state index contributed by atoms with van der Waals surface area (Å²) in [5.74, 6) is 0.0771. The van der Waals surface area contributed by atoms with Crippen LogP contribution in [-0.4, -0.2) is 37.0 Å². The number of carbonyl (C=O) groups excluding carboxylic acids is 1. The number of hydrogen-bond donors (Lipinski definition) is 0. The molecule has 1 heterocycles. The molecular formula is C18H18BrClN2O. The van der Waals surface area contributed by atoms with Gasteiger partial charge in [0.1, 0.15) is 0 Å². The molecule has 3 nitrogen and oxygen atoms in total. The maximum Gasteiger partial charge on any atom is 0.253 e. The summed E-state index contributed by atoms with van der Waals surface area (Å²) >= 11 is 9.41. The lowest BCUT2D eigenvalue weighted by Crippen LogP contribution is -2.48. The van der Waals surface area contributed by atoms with E-state index in [0.29, 0.717) is 10.6 Å². The number of carbonyl (C=O) groups is 1. The second-order valence-corrected chi connectivity index (χ2v) is 7.01. The molecule has 0 aromatic heterocycles. The zero-order chi connectivity index (χ0) is 16.4. The van der Waals surface area contributed by atoms with Crippen LogP contribution in [0.15, 0.2) is 46.9 Å². The predicted molar refractivity (Wildman–Crippen MR) is 98.4 cm³/mol. The molecule has 23 heavy (non-hydrogen) atoms. The van der Waals surface area contributed by atoms with E-state index in [1.165, 1.54) is 11.3 Å². The third-order valence-electron chi connectivity index (χ3n) is 4.16. The Morgan fingerprint density at radius 3 is 2.30 bits per heavy atom. The third-order valence-corrected chi connectivity index (χ3v) is 5.31. The molecule has 1 aliphatic rings. The summed E-state index contributed by atoms with van der Waals surface area (Å²) < 4.78 is 1.12. The van der Waals surface area contributed by atoms with Gasteiger partial charge in [0, 0.05) is 46.9 Å². The van der Waals surface area contributed by atoms with Crippen molar-refractivity contribution < 1.29 is 4.79 Å². The van der Waals surface area contributed by atoms with Gasteiger partial charge in [0.2, 0.25) is 0 Å². The van der Waals surface area contributed by atoms with Crippen molar-refractivity contribution in [2.24, 2.45) is 0 Å². The lowest BCUT2D eigenvalue weighted by atomic mass is 10.1. The van der Waals surface area contributed by atoms with Crippen molar-refractivity contribution in [1.82, 2.24) is 4.90 Å². The van der Waals surface area contributed by atoms with Gasteiger partial charge >= 0.3 is 0 Å². The van der Waals surface area contributed by atoms with Gasteiger partial charge in [0.25, 0.3) is 5.91 Å². The van der Waals surface area contributed by atoms with Gasteiger partial charge in [0.05, 0.1) is 0 Å². The largest absolute Gasteiger partial charge is 0.368 e. The van der Waals surface area contributed by atoms with Crippen LogP contribution in [0.25, 0.3) is 0 Å². The molecule has 2 aromatic carbocycles. The number of aryl methyl sites for hydroxylation is 1. The zero-order valence-corrected chi connectivity index (χ0v) is 15.3. The molecule has 1 saturated heterocycles. The lowest BCUT2D eigenvalue weighted by molar-refractivity contribution is 0.0747. The number of nitrogens with zero attached hydrogens (tertiary/aromatic N) is 2. The number of amides is 1. The maximum absolute atomic E-state index is 12.5. The predicted octanol–water partition coefficient (Wildman–Crippen LogP) is 4.37. The smallest absolute Gasteiger partial charge is 0.253 e. The molecule has 1 fully saturated rings. The topological polar surface area (TPSA) is 23.6 Å². The van der Waals surface area contributed by atoms with Gasteiger partial charge in [-0.25, -0.2) is 0 Å². The van der Waals surface area contributed by atoms with Gasteiger partial charge in [-0.2, -0.15) is 0 Å². The highest BCUT2D eigenvalue weighted by atomic mass is 79.9. The summed E-state index contributed by atoms with van der Waals surface area (Å²) in [6.45, 7) is 5.25. The Balaban J connectivity index is 1.64. The Morgan fingerprint density at radius 2 is 1.70 bits per heavy atom. The highest BCUT2D eigenvalue weighted by Crippen LogP contribution is 2.24. The molecule has 3 rings (SSSR count). The van der Waals surface area contributed by atoms with E-state index in [2.05, 4.69) is 46.0 Å². The number of hydrogen-bond acceptors (Lipinski definition) is 2. The fourth-order valence-corrected chi connectivity index (χ4v) is 3.14. The van der Waals surface area contributed by atoms with Crippen molar-refractivity contribution in [3.05, 3.63) is 63.1 Å². The second-order valence-electron chi connectivity index (χ2n) is 5.72. The molecule has 1 amide bonds. The summed E-state index contributed by atoms with van der Waals surface area (Å²) in [6.07, 6.45) is 0. The van der Waals surface area contributed by atoms with Crippen molar-refractivity contribution in [3.63, 3.8) is 0 Å². The van der Waals surface area contributed by atoms with Crippen molar-refractivity contribution in [2.75, 3.05) is 31.1 Å². The summed E-state index contributed by atoms with van der Waals surface area (Å²) in [5.41, 5.74) is 3.13. The first-order valence-electron chi connectivity index (χ1n) is 7.60. The number of halogens is 2. The Bertz CT molecular complexity index is 709. The number of anilines is 1. The van der Waals surface area contributed by atoms with Crippen LogP contribution in [0.4, 0.5) is 5.69 Å². The highest BCUT2D eigenvalue weighted by molar-refractivity contribution is 9.10. The number of benzene rings is 2. The first-order chi connectivity index (χ1) is 11.0. The minimum absolute atomic E-state index is 0.0771. The summed E-state index contributed by atoms with van der Waals surface area (Å²) in [7, 11) is 0. The SMILES string of the molecule is Cc1cc(N2CCN(C(=O)c3ccc(Cl)cc3)CC2)ccc1Br. The van der Waals surface area contributed by atoms with Crippen LogP contribution in [0.1, 0.15) is 15.9 Å². The monoisotopic (exact) mass is 392 g/mol. The molecule has 2 aromatic rings. The second kappa shape index (κ2) is 6.93. The van der Waals surface area contributed by atoms with E-state index in [0.717, 1.165) is 30.7 Å².